The van der Waals surface area contributed by atoms with Crippen LogP contribution >= 0.6 is 0 Å². The Morgan fingerprint density at radius 3 is 2.57 bits per heavy atom. The predicted molar refractivity (Wildman–Crippen MR) is 73.5 cm³/mol. The summed E-state index contributed by atoms with van der Waals surface area (Å²) in [6, 6.07) is 12.0. The Morgan fingerprint density at radius 1 is 1.14 bits per heavy atom. The highest BCUT2D eigenvalue weighted by molar-refractivity contribution is 5.55. The maximum absolute atomic E-state index is 10.7. The van der Waals surface area contributed by atoms with E-state index in [1.54, 1.807) is 0 Å². The largest absolute Gasteiger partial charge is 0.378 e. The third kappa shape index (κ3) is 2.39. The molecule has 2 aromatic heterocycles. The Hall–Kier alpha value is -3.36. The van der Waals surface area contributed by atoms with Crippen LogP contribution in [0.2, 0.25) is 0 Å². The molecule has 0 bridgehead atoms. The van der Waals surface area contributed by atoms with Crippen LogP contribution in [-0.4, -0.2) is 30.1 Å². The topological polar surface area (TPSA) is 126 Å². The first-order valence-electron chi connectivity index (χ1n) is 5.92. The Morgan fingerprint density at radius 2 is 1.90 bits per heavy atom. The Kier molecular flexibility index (Phi) is 2.99. The van der Waals surface area contributed by atoms with E-state index < -0.39 is 4.92 Å². The van der Waals surface area contributed by atoms with Crippen molar-refractivity contribution in [2.45, 2.75) is 0 Å². The molecule has 0 saturated heterocycles. The number of hydrogen-bond donors (Lipinski definition) is 1. The number of pyridine rings is 1. The molecule has 0 aliphatic carbocycles. The average Bonchev–Trinajstić information content (AvgIpc) is 2.97. The predicted octanol–water partition coefficient (Wildman–Crippen LogP) is 1.21. The number of nitrogens with zero attached hydrogens (tertiary/aromatic N) is 6. The smallest absolute Gasteiger partial charge is 0.311 e. The van der Waals surface area contributed by atoms with E-state index in [1.165, 1.54) is 16.9 Å². The second-order valence-electron chi connectivity index (χ2n) is 4.10. The zero-order valence-electron chi connectivity index (χ0n) is 10.6. The molecule has 0 atom stereocenters. The fourth-order valence-corrected chi connectivity index (χ4v) is 1.74. The third-order valence-corrected chi connectivity index (χ3v) is 2.73. The quantitative estimate of drug-likeness (QED) is 0.565. The van der Waals surface area contributed by atoms with Gasteiger partial charge in [-0.05, 0) is 11.3 Å². The van der Waals surface area contributed by atoms with Gasteiger partial charge in [-0.1, -0.05) is 30.3 Å². The van der Waals surface area contributed by atoms with E-state index in [4.69, 9.17) is 5.73 Å². The zero-order valence-corrected chi connectivity index (χ0v) is 10.6. The van der Waals surface area contributed by atoms with E-state index in [2.05, 4.69) is 20.4 Å². The van der Waals surface area contributed by atoms with Crippen molar-refractivity contribution in [2.75, 3.05) is 5.73 Å². The third-order valence-electron chi connectivity index (χ3n) is 2.73. The molecule has 1 aromatic carbocycles. The van der Waals surface area contributed by atoms with Crippen LogP contribution in [0.5, 0.6) is 0 Å². The summed E-state index contributed by atoms with van der Waals surface area (Å²) in [7, 11) is 0. The molecule has 0 unspecified atom stereocenters. The van der Waals surface area contributed by atoms with E-state index in [-0.39, 0.29) is 17.3 Å². The molecule has 21 heavy (non-hydrogen) atoms. The van der Waals surface area contributed by atoms with Gasteiger partial charge in [0.1, 0.15) is 0 Å². The van der Waals surface area contributed by atoms with Crippen LogP contribution in [0.25, 0.3) is 17.2 Å². The molecule has 0 radical (unpaired) electrons. The molecule has 104 valence electrons. The summed E-state index contributed by atoms with van der Waals surface area (Å²) in [5.41, 5.74) is 6.08. The van der Waals surface area contributed by atoms with Crippen LogP contribution < -0.4 is 5.73 Å². The van der Waals surface area contributed by atoms with Crippen molar-refractivity contribution < 1.29 is 4.92 Å². The molecule has 3 rings (SSSR count). The van der Waals surface area contributed by atoms with Gasteiger partial charge in [0.25, 0.3) is 0 Å². The van der Waals surface area contributed by atoms with Crippen molar-refractivity contribution in [3.8, 4) is 17.2 Å². The van der Waals surface area contributed by atoms with Crippen LogP contribution in [0.15, 0.2) is 42.5 Å². The lowest BCUT2D eigenvalue weighted by atomic mass is 10.2. The zero-order chi connectivity index (χ0) is 14.8. The molecule has 0 aliphatic rings. The lowest BCUT2D eigenvalue weighted by Crippen LogP contribution is -2.06. The van der Waals surface area contributed by atoms with Crippen molar-refractivity contribution in [1.82, 2.24) is 25.2 Å². The molecule has 0 saturated carbocycles. The van der Waals surface area contributed by atoms with E-state index in [0.717, 1.165) is 5.56 Å². The molecule has 0 spiro atoms. The summed E-state index contributed by atoms with van der Waals surface area (Å²) in [5, 5.41) is 22.7. The van der Waals surface area contributed by atoms with Gasteiger partial charge in [-0.3, -0.25) is 10.1 Å². The maximum atomic E-state index is 10.7. The summed E-state index contributed by atoms with van der Waals surface area (Å²) in [6.07, 6.45) is 0. The lowest BCUT2D eigenvalue weighted by molar-refractivity contribution is -0.384. The number of benzene rings is 1. The highest BCUT2D eigenvalue weighted by Crippen LogP contribution is 2.20. The van der Waals surface area contributed by atoms with Gasteiger partial charge in [0.2, 0.25) is 11.6 Å². The fourth-order valence-electron chi connectivity index (χ4n) is 1.74. The normalized spacial score (nSPS) is 10.5. The van der Waals surface area contributed by atoms with Crippen molar-refractivity contribution >= 4 is 11.5 Å². The highest BCUT2D eigenvalue weighted by Gasteiger charge is 2.15. The number of nitrogens with two attached hydrogens (primary N) is 1. The monoisotopic (exact) mass is 283 g/mol. The summed E-state index contributed by atoms with van der Waals surface area (Å²) in [5.74, 6) is 0.484. The van der Waals surface area contributed by atoms with Crippen LogP contribution in [0.3, 0.4) is 0 Å². The standard InChI is InChI=1S/C12H9N7O2/c13-11-9(19(20)21)6-7-10(14-11)18-16-12(15-17-18)8-4-2-1-3-5-8/h1-7H,(H2,13,14). The fraction of sp³-hybridized carbons (Fsp3) is 0. The van der Waals surface area contributed by atoms with Crippen molar-refractivity contribution in [1.29, 1.82) is 0 Å². The molecule has 0 amide bonds. The summed E-state index contributed by atoms with van der Waals surface area (Å²) in [6.45, 7) is 0. The van der Waals surface area contributed by atoms with Gasteiger partial charge in [0.05, 0.1) is 4.92 Å². The van der Waals surface area contributed by atoms with Gasteiger partial charge in [0, 0.05) is 11.6 Å². The SMILES string of the molecule is Nc1nc(-n2nnc(-c3ccccc3)n2)ccc1[N+](=O)[O-]. The van der Waals surface area contributed by atoms with E-state index >= 15 is 0 Å². The van der Waals surface area contributed by atoms with Gasteiger partial charge in [-0.2, -0.15) is 0 Å². The van der Waals surface area contributed by atoms with Gasteiger partial charge >= 0.3 is 5.69 Å². The lowest BCUT2D eigenvalue weighted by Gasteiger charge is -1.99. The Labute approximate surface area is 118 Å². The molecule has 2 heterocycles. The minimum Gasteiger partial charge on any atom is -0.378 e. The molecule has 2 N–H and O–H groups in total. The van der Waals surface area contributed by atoms with Crippen molar-refractivity contribution in [2.24, 2.45) is 0 Å². The first-order valence-corrected chi connectivity index (χ1v) is 5.92. The van der Waals surface area contributed by atoms with Crippen LogP contribution in [0.1, 0.15) is 0 Å². The number of nitro groups is 1. The summed E-state index contributed by atoms with van der Waals surface area (Å²) < 4.78 is 0. The van der Waals surface area contributed by atoms with Crippen LogP contribution in [-0.2, 0) is 0 Å². The second kappa shape index (κ2) is 4.96. The molecule has 9 heteroatoms. The average molecular weight is 283 g/mol. The molecule has 3 aromatic rings. The van der Waals surface area contributed by atoms with Crippen molar-refractivity contribution in [3.63, 3.8) is 0 Å². The van der Waals surface area contributed by atoms with Crippen LogP contribution in [0, 0.1) is 10.1 Å². The minimum absolute atomic E-state index is 0.198. The second-order valence-corrected chi connectivity index (χ2v) is 4.10. The molecule has 0 aliphatic heterocycles. The van der Waals surface area contributed by atoms with E-state index in [9.17, 15) is 10.1 Å². The number of rotatable bonds is 3. The first kappa shape index (κ1) is 12.7. The summed E-state index contributed by atoms with van der Waals surface area (Å²) in [4.78, 5) is 15.2. The Bertz CT molecular complexity index is 800. The van der Waals surface area contributed by atoms with E-state index in [1.807, 2.05) is 30.3 Å². The minimum atomic E-state index is -0.601. The highest BCUT2D eigenvalue weighted by atomic mass is 16.6. The number of anilines is 1. The number of tetrazole rings is 1. The number of hydrogen-bond acceptors (Lipinski definition) is 7. The van der Waals surface area contributed by atoms with Gasteiger partial charge in [0.15, 0.2) is 5.82 Å². The Balaban J connectivity index is 1.97. The van der Waals surface area contributed by atoms with E-state index in [0.29, 0.717) is 5.82 Å². The molecular formula is C12H9N7O2. The van der Waals surface area contributed by atoms with Crippen molar-refractivity contribution in [3.05, 3.63) is 52.6 Å². The number of nitrogen functional groups attached to an aromatic ring is 1. The van der Waals surface area contributed by atoms with Gasteiger partial charge < -0.3 is 5.73 Å². The number of aromatic nitrogens is 5. The first-order chi connectivity index (χ1) is 10.1. The molecule has 9 nitrogen and oxygen atoms in total. The molecule has 0 fully saturated rings. The van der Waals surface area contributed by atoms with Gasteiger partial charge in [-0.15, -0.1) is 15.0 Å². The van der Waals surface area contributed by atoms with Gasteiger partial charge in [-0.25, -0.2) is 4.98 Å². The maximum Gasteiger partial charge on any atom is 0.311 e. The summed E-state index contributed by atoms with van der Waals surface area (Å²) >= 11 is 0. The van der Waals surface area contributed by atoms with Crippen LogP contribution in [0.4, 0.5) is 11.5 Å². The molecular weight excluding hydrogens is 274 g/mol.